The summed E-state index contributed by atoms with van der Waals surface area (Å²) in [5, 5.41) is 3.11. The smallest absolute Gasteiger partial charge is 0.188 e. The second-order valence-electron chi connectivity index (χ2n) is 4.30. The Balaban J connectivity index is 2.24. The molecule has 0 saturated carbocycles. The van der Waals surface area contributed by atoms with Crippen LogP contribution in [0.5, 0.6) is 0 Å². The van der Waals surface area contributed by atoms with E-state index in [4.69, 9.17) is 15.2 Å². The average Bonchev–Trinajstić information content (AvgIpc) is 2.65. The van der Waals surface area contributed by atoms with Gasteiger partial charge in [0.25, 0.3) is 0 Å². The molecule has 0 amide bonds. The van der Waals surface area contributed by atoms with Crippen LogP contribution in [-0.2, 0) is 9.47 Å². The van der Waals surface area contributed by atoms with Gasteiger partial charge >= 0.3 is 0 Å². The maximum atomic E-state index is 5.74. The Kier molecular flexibility index (Phi) is 5.02. The predicted octanol–water partition coefficient (Wildman–Crippen LogP) is 0.842. The van der Waals surface area contributed by atoms with Crippen molar-refractivity contribution in [3.8, 4) is 0 Å². The van der Waals surface area contributed by atoms with Crippen LogP contribution in [0.15, 0.2) is 4.99 Å². The normalized spacial score (nSPS) is 22.1. The lowest BCUT2D eigenvalue weighted by atomic mass is 10.2. The second kappa shape index (κ2) is 6.06. The van der Waals surface area contributed by atoms with E-state index in [9.17, 15) is 0 Å². The Morgan fingerprint density at radius 3 is 2.69 bits per heavy atom. The van der Waals surface area contributed by atoms with Crippen LogP contribution >= 0.6 is 0 Å². The topological polar surface area (TPSA) is 68.9 Å². The number of ether oxygens (including phenoxy) is 2. The molecule has 1 aliphatic rings. The fourth-order valence-corrected chi connectivity index (χ4v) is 1.48. The highest BCUT2D eigenvalue weighted by molar-refractivity contribution is 5.78. The Morgan fingerprint density at radius 1 is 1.50 bits per heavy atom. The quantitative estimate of drug-likeness (QED) is 0.541. The first kappa shape index (κ1) is 13.3. The Morgan fingerprint density at radius 2 is 2.12 bits per heavy atom. The van der Waals surface area contributed by atoms with Crippen LogP contribution in [0, 0.1) is 0 Å². The molecule has 94 valence electrons. The lowest BCUT2D eigenvalue weighted by Crippen LogP contribution is -2.38. The molecule has 0 bridgehead atoms. The van der Waals surface area contributed by atoms with Gasteiger partial charge in [0.1, 0.15) is 0 Å². The van der Waals surface area contributed by atoms with Crippen LogP contribution in [0.2, 0.25) is 0 Å². The van der Waals surface area contributed by atoms with Gasteiger partial charge in [-0.05, 0) is 20.3 Å². The molecule has 1 saturated heterocycles. The number of hydrogen-bond acceptors (Lipinski definition) is 3. The molecule has 1 unspecified atom stereocenters. The first-order valence-corrected chi connectivity index (χ1v) is 5.90. The summed E-state index contributed by atoms with van der Waals surface area (Å²) >= 11 is 0. The van der Waals surface area contributed by atoms with Crippen molar-refractivity contribution in [1.29, 1.82) is 0 Å². The van der Waals surface area contributed by atoms with Crippen LogP contribution in [0.25, 0.3) is 0 Å². The molecule has 1 aliphatic heterocycles. The maximum Gasteiger partial charge on any atom is 0.188 e. The highest BCUT2D eigenvalue weighted by atomic mass is 16.7. The van der Waals surface area contributed by atoms with Gasteiger partial charge < -0.3 is 20.5 Å². The molecule has 16 heavy (non-hydrogen) atoms. The van der Waals surface area contributed by atoms with Crippen LogP contribution in [-0.4, -0.2) is 37.5 Å². The summed E-state index contributed by atoms with van der Waals surface area (Å²) in [6, 6.07) is 0.360. The minimum Gasteiger partial charge on any atom is -0.370 e. The van der Waals surface area contributed by atoms with Crippen molar-refractivity contribution >= 4 is 5.96 Å². The van der Waals surface area contributed by atoms with Crippen molar-refractivity contribution in [2.75, 3.05) is 19.8 Å². The maximum absolute atomic E-state index is 5.74. The van der Waals surface area contributed by atoms with Crippen molar-refractivity contribution in [1.82, 2.24) is 5.32 Å². The molecule has 0 aromatic heterocycles. The monoisotopic (exact) mass is 229 g/mol. The van der Waals surface area contributed by atoms with Gasteiger partial charge in [0, 0.05) is 19.0 Å². The van der Waals surface area contributed by atoms with Crippen molar-refractivity contribution in [3.05, 3.63) is 0 Å². The molecule has 0 aliphatic carbocycles. The number of nitrogens with zero attached hydrogens (tertiary/aromatic N) is 1. The minimum absolute atomic E-state index is 0.360. The van der Waals surface area contributed by atoms with E-state index in [-0.39, 0.29) is 0 Å². The van der Waals surface area contributed by atoms with Gasteiger partial charge in [0.05, 0.1) is 13.2 Å². The van der Waals surface area contributed by atoms with Gasteiger partial charge in [-0.3, -0.25) is 4.99 Å². The van der Waals surface area contributed by atoms with Gasteiger partial charge in [-0.1, -0.05) is 6.92 Å². The van der Waals surface area contributed by atoms with Gasteiger partial charge in [-0.15, -0.1) is 0 Å². The third-order valence-electron chi connectivity index (χ3n) is 2.75. The summed E-state index contributed by atoms with van der Waals surface area (Å²) in [5.74, 6) is 0.0242. The van der Waals surface area contributed by atoms with Gasteiger partial charge in [-0.2, -0.15) is 0 Å². The largest absolute Gasteiger partial charge is 0.370 e. The minimum atomic E-state index is -0.472. The third-order valence-corrected chi connectivity index (χ3v) is 2.75. The third kappa shape index (κ3) is 4.37. The van der Waals surface area contributed by atoms with Crippen LogP contribution in [0.4, 0.5) is 0 Å². The summed E-state index contributed by atoms with van der Waals surface area (Å²) in [4.78, 5) is 4.24. The molecule has 0 spiro atoms. The zero-order valence-corrected chi connectivity index (χ0v) is 10.5. The highest BCUT2D eigenvalue weighted by Crippen LogP contribution is 2.22. The zero-order chi connectivity index (χ0) is 12.0. The Labute approximate surface area is 97.4 Å². The second-order valence-corrected chi connectivity index (χ2v) is 4.30. The number of hydrogen-bond donors (Lipinski definition) is 2. The number of nitrogens with two attached hydrogens (primary N) is 1. The Bertz CT molecular complexity index is 237. The predicted molar refractivity (Wildman–Crippen MR) is 64.3 cm³/mol. The summed E-state index contributed by atoms with van der Waals surface area (Å²) in [6.45, 7) is 8.07. The van der Waals surface area contributed by atoms with Crippen LogP contribution < -0.4 is 11.1 Å². The lowest BCUT2D eigenvalue weighted by molar-refractivity contribution is -0.144. The van der Waals surface area contributed by atoms with E-state index in [2.05, 4.69) is 24.2 Å². The van der Waals surface area contributed by atoms with Gasteiger partial charge in [0.15, 0.2) is 11.7 Å². The number of aliphatic imine (C=N–C) groups is 1. The van der Waals surface area contributed by atoms with Crippen molar-refractivity contribution < 1.29 is 9.47 Å². The molecular formula is C11H23N3O2. The molecule has 3 N–H and O–H groups in total. The molecule has 5 heteroatoms. The van der Waals surface area contributed by atoms with Crippen molar-refractivity contribution in [3.63, 3.8) is 0 Å². The summed E-state index contributed by atoms with van der Waals surface area (Å²) in [7, 11) is 0. The fourth-order valence-electron chi connectivity index (χ4n) is 1.48. The van der Waals surface area contributed by atoms with E-state index in [1.807, 2.05) is 6.92 Å². The molecule has 1 atom stereocenters. The summed E-state index contributed by atoms with van der Waals surface area (Å²) in [5.41, 5.74) is 5.74. The van der Waals surface area contributed by atoms with Crippen LogP contribution in [0.1, 0.15) is 33.6 Å². The molecule has 1 heterocycles. The highest BCUT2D eigenvalue weighted by Gasteiger charge is 2.30. The summed E-state index contributed by atoms with van der Waals surface area (Å²) < 4.78 is 10.9. The number of rotatable bonds is 5. The fraction of sp³-hybridized carbons (Fsp3) is 0.909. The molecule has 0 aromatic carbocycles. The van der Waals surface area contributed by atoms with E-state index < -0.39 is 5.79 Å². The van der Waals surface area contributed by atoms with Crippen molar-refractivity contribution in [2.45, 2.75) is 45.4 Å². The van der Waals surface area contributed by atoms with Gasteiger partial charge in [0.2, 0.25) is 0 Å². The van der Waals surface area contributed by atoms with E-state index in [0.29, 0.717) is 31.8 Å². The zero-order valence-electron chi connectivity index (χ0n) is 10.5. The molecule has 0 aromatic rings. The molecule has 1 rings (SSSR count). The standard InChI is InChI=1S/C11H23N3O2/c1-4-9(2)14-10(12)13-6-5-11(3)15-7-8-16-11/h9H,4-8H2,1-3H3,(H3,12,13,14). The van der Waals surface area contributed by atoms with E-state index >= 15 is 0 Å². The van der Waals surface area contributed by atoms with Crippen molar-refractivity contribution in [2.24, 2.45) is 10.7 Å². The van der Waals surface area contributed by atoms with E-state index in [0.717, 1.165) is 12.8 Å². The summed E-state index contributed by atoms with van der Waals surface area (Å²) in [6.07, 6.45) is 1.76. The van der Waals surface area contributed by atoms with E-state index in [1.165, 1.54) is 0 Å². The lowest BCUT2D eigenvalue weighted by Gasteiger charge is -2.21. The number of guanidine groups is 1. The van der Waals surface area contributed by atoms with E-state index in [1.54, 1.807) is 0 Å². The molecule has 0 radical (unpaired) electrons. The SMILES string of the molecule is CCC(C)NC(N)=NCCC1(C)OCCO1. The average molecular weight is 229 g/mol. The molecule has 1 fully saturated rings. The van der Waals surface area contributed by atoms with Gasteiger partial charge in [-0.25, -0.2) is 0 Å². The Hall–Kier alpha value is -0.810. The molecular weight excluding hydrogens is 206 g/mol. The molecule has 5 nitrogen and oxygen atoms in total. The van der Waals surface area contributed by atoms with Crippen LogP contribution in [0.3, 0.4) is 0 Å². The first-order chi connectivity index (χ1) is 7.56. The number of nitrogens with one attached hydrogen (secondary N) is 1. The first-order valence-electron chi connectivity index (χ1n) is 5.90.